The van der Waals surface area contributed by atoms with Crippen LogP contribution in [0.5, 0.6) is 0 Å². The van der Waals surface area contributed by atoms with Crippen LogP contribution in [0, 0.1) is 0 Å². The molecule has 0 aliphatic heterocycles. The Balaban J connectivity index is 2.05. The van der Waals surface area contributed by atoms with E-state index in [2.05, 4.69) is 15.2 Å². The predicted molar refractivity (Wildman–Crippen MR) is 66.1 cm³/mol. The predicted octanol–water partition coefficient (Wildman–Crippen LogP) is 1.09. The van der Waals surface area contributed by atoms with Gasteiger partial charge < -0.3 is 4.74 Å². The van der Waals surface area contributed by atoms with E-state index >= 15 is 0 Å². The van der Waals surface area contributed by atoms with Gasteiger partial charge in [0.15, 0.2) is 5.82 Å². The fraction of sp³-hybridized carbons (Fsp3) is 0.167. The van der Waals surface area contributed by atoms with Crippen molar-refractivity contribution in [3.63, 3.8) is 0 Å². The van der Waals surface area contributed by atoms with E-state index in [4.69, 9.17) is 4.74 Å². The Labute approximate surface area is 108 Å². The summed E-state index contributed by atoms with van der Waals surface area (Å²) in [6.07, 6.45) is 8.20. The van der Waals surface area contributed by atoms with Gasteiger partial charge in [-0.3, -0.25) is 0 Å². The Bertz CT molecular complexity index is 717. The van der Waals surface area contributed by atoms with Crippen molar-refractivity contribution in [2.45, 2.75) is 6.92 Å². The fourth-order valence-corrected chi connectivity index (χ4v) is 1.76. The molecule has 3 aromatic heterocycles. The summed E-state index contributed by atoms with van der Waals surface area (Å²) < 4.78 is 8.16. The summed E-state index contributed by atoms with van der Waals surface area (Å²) >= 11 is 0. The maximum Gasteiger partial charge on any atom is 0.342 e. The molecule has 7 nitrogen and oxygen atoms in total. The van der Waals surface area contributed by atoms with Crippen LogP contribution in [0.15, 0.2) is 37.1 Å². The number of carbonyl (C=O) groups is 1. The minimum atomic E-state index is -0.397. The molecule has 3 rings (SSSR count). The minimum Gasteiger partial charge on any atom is -0.462 e. The summed E-state index contributed by atoms with van der Waals surface area (Å²) in [4.78, 5) is 16.0. The average molecular weight is 257 g/mol. The summed E-state index contributed by atoms with van der Waals surface area (Å²) in [6, 6.07) is 1.80. The SMILES string of the molecule is CCOC(=O)c1cnn2cc(-n3cccn3)ncc12. The van der Waals surface area contributed by atoms with Crippen molar-refractivity contribution in [3.8, 4) is 5.82 Å². The lowest BCUT2D eigenvalue weighted by atomic mass is 10.3. The van der Waals surface area contributed by atoms with Crippen LogP contribution in [0.3, 0.4) is 0 Å². The third-order valence-corrected chi connectivity index (χ3v) is 2.63. The second-order valence-corrected chi connectivity index (χ2v) is 3.80. The molecular weight excluding hydrogens is 246 g/mol. The van der Waals surface area contributed by atoms with E-state index in [1.165, 1.54) is 6.20 Å². The Hall–Kier alpha value is -2.70. The van der Waals surface area contributed by atoms with Gasteiger partial charge in [-0.2, -0.15) is 10.2 Å². The minimum absolute atomic E-state index is 0.328. The monoisotopic (exact) mass is 257 g/mol. The summed E-state index contributed by atoms with van der Waals surface area (Å²) in [5, 5.41) is 8.21. The number of esters is 1. The van der Waals surface area contributed by atoms with E-state index in [-0.39, 0.29) is 0 Å². The Morgan fingerprint density at radius 3 is 3.00 bits per heavy atom. The Kier molecular flexibility index (Phi) is 2.71. The van der Waals surface area contributed by atoms with E-state index in [1.807, 2.05) is 0 Å². The first-order valence-corrected chi connectivity index (χ1v) is 5.80. The molecule has 0 unspecified atom stereocenters. The molecule has 3 heterocycles. The highest BCUT2D eigenvalue weighted by Gasteiger charge is 2.14. The number of fused-ring (bicyclic) bond motifs is 1. The molecule has 0 aliphatic carbocycles. The third-order valence-electron chi connectivity index (χ3n) is 2.63. The number of hydrogen-bond acceptors (Lipinski definition) is 5. The highest BCUT2D eigenvalue weighted by Crippen LogP contribution is 2.12. The number of ether oxygens (including phenoxy) is 1. The lowest BCUT2D eigenvalue weighted by Gasteiger charge is -2.02. The lowest BCUT2D eigenvalue weighted by molar-refractivity contribution is 0.0528. The average Bonchev–Trinajstić information content (AvgIpc) is 3.07. The molecule has 0 aromatic carbocycles. The first-order valence-electron chi connectivity index (χ1n) is 5.80. The molecular formula is C12H11N5O2. The molecule has 0 saturated heterocycles. The number of carbonyl (C=O) groups excluding carboxylic acids is 1. The number of rotatable bonds is 3. The molecule has 0 bridgehead atoms. The summed E-state index contributed by atoms with van der Waals surface area (Å²) in [5.74, 6) is 0.224. The zero-order valence-corrected chi connectivity index (χ0v) is 10.2. The standard InChI is InChI=1S/C12H11N5O2/c1-2-19-12(18)9-6-15-17-8-11(13-7-10(9)17)16-5-3-4-14-16/h3-8H,2H2,1H3. The zero-order chi connectivity index (χ0) is 13.2. The van der Waals surface area contributed by atoms with E-state index in [0.717, 1.165) is 0 Å². The molecule has 0 radical (unpaired) electrons. The van der Waals surface area contributed by atoms with Crippen LogP contribution in [0.4, 0.5) is 0 Å². The number of hydrogen-bond donors (Lipinski definition) is 0. The summed E-state index contributed by atoms with van der Waals surface area (Å²) in [6.45, 7) is 2.09. The molecule has 3 aromatic rings. The first kappa shape index (κ1) is 11.4. The van der Waals surface area contributed by atoms with E-state index in [0.29, 0.717) is 23.5 Å². The second-order valence-electron chi connectivity index (χ2n) is 3.80. The van der Waals surface area contributed by atoms with Crippen LogP contribution < -0.4 is 0 Å². The van der Waals surface area contributed by atoms with Gasteiger partial charge in [-0.25, -0.2) is 19.0 Å². The molecule has 0 amide bonds. The van der Waals surface area contributed by atoms with Gasteiger partial charge in [0, 0.05) is 12.4 Å². The Morgan fingerprint density at radius 1 is 1.37 bits per heavy atom. The first-order chi connectivity index (χ1) is 9.29. The van der Waals surface area contributed by atoms with E-state index in [9.17, 15) is 4.79 Å². The van der Waals surface area contributed by atoms with Crippen molar-refractivity contribution in [1.29, 1.82) is 0 Å². The maximum atomic E-state index is 11.7. The lowest BCUT2D eigenvalue weighted by Crippen LogP contribution is -2.05. The van der Waals surface area contributed by atoms with Crippen LogP contribution >= 0.6 is 0 Å². The molecule has 0 atom stereocenters. The zero-order valence-electron chi connectivity index (χ0n) is 10.2. The van der Waals surface area contributed by atoms with Gasteiger partial charge in [0.25, 0.3) is 0 Å². The van der Waals surface area contributed by atoms with Crippen LogP contribution in [0.1, 0.15) is 17.3 Å². The van der Waals surface area contributed by atoms with Crippen LogP contribution in [0.2, 0.25) is 0 Å². The second kappa shape index (κ2) is 4.52. The molecule has 0 spiro atoms. The van der Waals surface area contributed by atoms with E-state index in [1.54, 1.807) is 47.0 Å². The number of nitrogens with zero attached hydrogens (tertiary/aromatic N) is 5. The van der Waals surface area contributed by atoms with Crippen molar-refractivity contribution in [1.82, 2.24) is 24.4 Å². The largest absolute Gasteiger partial charge is 0.462 e. The van der Waals surface area contributed by atoms with Gasteiger partial charge in [0.05, 0.1) is 30.7 Å². The van der Waals surface area contributed by atoms with Gasteiger partial charge in [-0.15, -0.1) is 0 Å². The van der Waals surface area contributed by atoms with Crippen molar-refractivity contribution >= 4 is 11.5 Å². The fourth-order valence-electron chi connectivity index (χ4n) is 1.76. The topological polar surface area (TPSA) is 74.3 Å². The molecule has 0 aliphatic rings. The van der Waals surface area contributed by atoms with Crippen molar-refractivity contribution < 1.29 is 9.53 Å². The van der Waals surface area contributed by atoms with Gasteiger partial charge in [-0.05, 0) is 13.0 Å². The maximum absolute atomic E-state index is 11.7. The highest BCUT2D eigenvalue weighted by atomic mass is 16.5. The van der Waals surface area contributed by atoms with Crippen molar-refractivity contribution in [2.75, 3.05) is 6.61 Å². The van der Waals surface area contributed by atoms with E-state index < -0.39 is 5.97 Å². The molecule has 7 heteroatoms. The van der Waals surface area contributed by atoms with Gasteiger partial charge in [-0.1, -0.05) is 0 Å². The normalized spacial score (nSPS) is 10.8. The quantitative estimate of drug-likeness (QED) is 0.657. The molecule has 96 valence electrons. The Morgan fingerprint density at radius 2 is 2.26 bits per heavy atom. The number of aromatic nitrogens is 5. The van der Waals surface area contributed by atoms with Gasteiger partial charge in [0.1, 0.15) is 5.56 Å². The smallest absolute Gasteiger partial charge is 0.342 e. The molecule has 0 N–H and O–H groups in total. The van der Waals surface area contributed by atoms with Crippen molar-refractivity contribution in [3.05, 3.63) is 42.6 Å². The summed E-state index contributed by atoms with van der Waals surface area (Å²) in [5.41, 5.74) is 1.01. The molecule has 19 heavy (non-hydrogen) atoms. The van der Waals surface area contributed by atoms with Crippen molar-refractivity contribution in [2.24, 2.45) is 0 Å². The van der Waals surface area contributed by atoms with Crippen LogP contribution in [0.25, 0.3) is 11.3 Å². The van der Waals surface area contributed by atoms with Gasteiger partial charge >= 0.3 is 5.97 Å². The van der Waals surface area contributed by atoms with Crippen LogP contribution in [-0.2, 0) is 4.74 Å². The van der Waals surface area contributed by atoms with Crippen LogP contribution in [-0.4, -0.2) is 37.0 Å². The van der Waals surface area contributed by atoms with Gasteiger partial charge in [0.2, 0.25) is 0 Å². The molecule has 0 saturated carbocycles. The highest BCUT2D eigenvalue weighted by molar-refractivity contribution is 5.96. The molecule has 0 fully saturated rings. The third kappa shape index (κ3) is 1.95. The summed E-state index contributed by atoms with van der Waals surface area (Å²) in [7, 11) is 0.